The van der Waals surface area contributed by atoms with Crippen molar-refractivity contribution in [3.63, 3.8) is 0 Å². The topological polar surface area (TPSA) is 80.3 Å². The lowest BCUT2D eigenvalue weighted by atomic mass is 10.4. The third-order valence-corrected chi connectivity index (χ3v) is 3.97. The molecule has 0 unspecified atom stereocenters. The Bertz CT molecular complexity index is 477. The zero-order valence-electron chi connectivity index (χ0n) is 11.3. The summed E-state index contributed by atoms with van der Waals surface area (Å²) in [6, 6.07) is 3.10. The van der Waals surface area contributed by atoms with Crippen molar-refractivity contribution in [2.75, 3.05) is 32.1 Å². The third kappa shape index (κ3) is 5.14. The molecular formula is C12H21N3O3S. The summed E-state index contributed by atoms with van der Waals surface area (Å²) in [4.78, 5) is 4.12. The van der Waals surface area contributed by atoms with Gasteiger partial charge in [-0.2, -0.15) is 0 Å². The van der Waals surface area contributed by atoms with Crippen LogP contribution in [0.2, 0.25) is 0 Å². The minimum atomic E-state index is -3.55. The first-order valence-corrected chi connectivity index (χ1v) is 7.80. The van der Waals surface area contributed by atoms with Crippen LogP contribution in [0.15, 0.2) is 23.2 Å². The Morgan fingerprint density at radius 1 is 1.37 bits per heavy atom. The van der Waals surface area contributed by atoms with Crippen molar-refractivity contribution in [3.05, 3.63) is 18.3 Å². The lowest BCUT2D eigenvalue weighted by Gasteiger charge is -2.10. The fraction of sp³-hybridized carbons (Fsp3) is 0.583. The highest BCUT2D eigenvalue weighted by Crippen LogP contribution is 2.16. The van der Waals surface area contributed by atoms with Crippen molar-refractivity contribution in [2.24, 2.45) is 0 Å². The van der Waals surface area contributed by atoms with Crippen molar-refractivity contribution in [2.45, 2.75) is 24.7 Å². The van der Waals surface area contributed by atoms with Crippen LogP contribution in [0, 0.1) is 0 Å². The quantitative estimate of drug-likeness (QED) is 0.667. The highest BCUT2D eigenvalue weighted by Gasteiger charge is 2.17. The summed E-state index contributed by atoms with van der Waals surface area (Å²) in [5.74, 6) is 0.335. The summed E-state index contributed by atoms with van der Waals surface area (Å²) in [5.41, 5.74) is 0. The van der Waals surface area contributed by atoms with Gasteiger partial charge in [0.1, 0.15) is 10.7 Å². The number of rotatable bonds is 9. The lowest BCUT2D eigenvalue weighted by Crippen LogP contribution is -2.28. The molecule has 2 N–H and O–H groups in total. The molecule has 0 aromatic carbocycles. The van der Waals surface area contributed by atoms with Gasteiger partial charge in [-0.05, 0) is 18.6 Å². The summed E-state index contributed by atoms with van der Waals surface area (Å²) in [6.45, 7) is 3.36. The maximum atomic E-state index is 12.1. The molecule has 6 nitrogen and oxygen atoms in total. The number of ether oxygens (including phenoxy) is 1. The molecule has 1 aromatic heterocycles. The maximum absolute atomic E-state index is 12.1. The Kier molecular flexibility index (Phi) is 6.75. The van der Waals surface area contributed by atoms with Crippen LogP contribution in [0.3, 0.4) is 0 Å². The summed E-state index contributed by atoms with van der Waals surface area (Å²) in [5, 5.41) is 2.76. The molecule has 0 bridgehead atoms. The monoisotopic (exact) mass is 287 g/mol. The van der Waals surface area contributed by atoms with Crippen molar-refractivity contribution in [1.29, 1.82) is 0 Å². The Balaban J connectivity index is 2.52. The zero-order valence-corrected chi connectivity index (χ0v) is 12.2. The highest BCUT2D eigenvalue weighted by molar-refractivity contribution is 7.89. The molecule has 108 valence electrons. The summed E-state index contributed by atoms with van der Waals surface area (Å²) in [7, 11) is -1.92. The number of unbranched alkanes of at least 4 members (excludes halogenated alkanes) is 1. The van der Waals surface area contributed by atoms with Gasteiger partial charge in [0.25, 0.3) is 0 Å². The van der Waals surface area contributed by atoms with Gasteiger partial charge in [-0.3, -0.25) is 0 Å². The molecular weight excluding hydrogens is 266 g/mol. The molecule has 1 aromatic rings. The molecule has 0 aliphatic heterocycles. The standard InChI is InChI=1S/C12H21N3O3S/c1-3-4-9-18-10-8-15-19(16,17)11-6-5-7-14-12(11)13-2/h5-7,15H,3-4,8-10H2,1-2H3,(H,13,14). The van der Waals surface area contributed by atoms with Gasteiger partial charge in [-0.1, -0.05) is 13.3 Å². The molecule has 0 aliphatic rings. The minimum absolute atomic E-state index is 0.144. The second-order valence-corrected chi connectivity index (χ2v) is 5.70. The van der Waals surface area contributed by atoms with E-state index in [1.165, 1.54) is 6.07 Å². The third-order valence-electron chi connectivity index (χ3n) is 2.48. The van der Waals surface area contributed by atoms with Crippen LogP contribution < -0.4 is 10.0 Å². The number of nitrogens with one attached hydrogen (secondary N) is 2. The van der Waals surface area contributed by atoms with Gasteiger partial charge in [0.05, 0.1) is 6.61 Å². The molecule has 7 heteroatoms. The number of nitrogens with zero attached hydrogens (tertiary/aromatic N) is 1. The fourth-order valence-corrected chi connectivity index (χ4v) is 2.64. The van der Waals surface area contributed by atoms with E-state index in [0.717, 1.165) is 12.8 Å². The van der Waals surface area contributed by atoms with E-state index in [-0.39, 0.29) is 11.4 Å². The maximum Gasteiger partial charge on any atom is 0.244 e. The van der Waals surface area contributed by atoms with Crippen LogP contribution in [0.5, 0.6) is 0 Å². The predicted molar refractivity (Wildman–Crippen MR) is 74.7 cm³/mol. The average Bonchev–Trinajstić information content (AvgIpc) is 2.42. The molecule has 0 atom stereocenters. The van der Waals surface area contributed by atoms with E-state index in [2.05, 4.69) is 21.9 Å². The summed E-state index contributed by atoms with van der Waals surface area (Å²) < 4.78 is 31.9. The number of anilines is 1. The number of hydrogen-bond acceptors (Lipinski definition) is 5. The minimum Gasteiger partial charge on any atom is -0.380 e. The first-order valence-electron chi connectivity index (χ1n) is 6.32. The molecule has 19 heavy (non-hydrogen) atoms. The predicted octanol–water partition coefficient (Wildman–Crippen LogP) is 1.22. The second-order valence-electron chi connectivity index (χ2n) is 3.96. The Morgan fingerprint density at radius 3 is 2.84 bits per heavy atom. The van der Waals surface area contributed by atoms with Gasteiger partial charge in [-0.15, -0.1) is 0 Å². The molecule has 0 fully saturated rings. The van der Waals surface area contributed by atoms with E-state index in [1.54, 1.807) is 19.3 Å². The van der Waals surface area contributed by atoms with Crippen molar-refractivity contribution >= 4 is 15.8 Å². The fourth-order valence-electron chi connectivity index (χ4n) is 1.47. The molecule has 0 saturated heterocycles. The van der Waals surface area contributed by atoms with E-state index in [9.17, 15) is 8.42 Å². The number of sulfonamides is 1. The van der Waals surface area contributed by atoms with Crippen LogP contribution in [0.4, 0.5) is 5.82 Å². The van der Waals surface area contributed by atoms with Gasteiger partial charge in [0.15, 0.2) is 0 Å². The van der Waals surface area contributed by atoms with E-state index in [4.69, 9.17) is 4.74 Å². The zero-order chi connectivity index (χ0) is 14.1. The van der Waals surface area contributed by atoms with Crippen LogP contribution in [-0.4, -0.2) is 40.2 Å². The van der Waals surface area contributed by atoms with Gasteiger partial charge >= 0.3 is 0 Å². The lowest BCUT2D eigenvalue weighted by molar-refractivity contribution is 0.136. The van der Waals surface area contributed by atoms with Gasteiger partial charge in [-0.25, -0.2) is 18.1 Å². The Morgan fingerprint density at radius 2 is 2.16 bits per heavy atom. The molecule has 0 radical (unpaired) electrons. The summed E-state index contributed by atoms with van der Waals surface area (Å²) in [6.07, 6.45) is 3.59. The molecule has 0 spiro atoms. The number of pyridine rings is 1. The van der Waals surface area contributed by atoms with Crippen LogP contribution >= 0.6 is 0 Å². The average molecular weight is 287 g/mol. The largest absolute Gasteiger partial charge is 0.380 e. The van der Waals surface area contributed by atoms with Crippen molar-refractivity contribution < 1.29 is 13.2 Å². The molecule has 0 aliphatic carbocycles. The van der Waals surface area contributed by atoms with Gasteiger partial charge in [0.2, 0.25) is 10.0 Å². The normalized spacial score (nSPS) is 11.5. The SMILES string of the molecule is CCCCOCCNS(=O)(=O)c1cccnc1NC. The highest BCUT2D eigenvalue weighted by atomic mass is 32.2. The number of hydrogen-bond donors (Lipinski definition) is 2. The number of aromatic nitrogens is 1. The smallest absolute Gasteiger partial charge is 0.244 e. The van der Waals surface area contributed by atoms with Gasteiger partial charge in [0, 0.05) is 26.4 Å². The van der Waals surface area contributed by atoms with E-state index >= 15 is 0 Å². The van der Waals surface area contributed by atoms with Gasteiger partial charge < -0.3 is 10.1 Å². The van der Waals surface area contributed by atoms with Crippen molar-refractivity contribution in [3.8, 4) is 0 Å². The first-order chi connectivity index (χ1) is 9.11. The molecule has 1 rings (SSSR count). The van der Waals surface area contributed by atoms with E-state index in [1.807, 2.05) is 0 Å². The van der Waals surface area contributed by atoms with E-state index in [0.29, 0.717) is 19.0 Å². The molecule has 1 heterocycles. The van der Waals surface area contributed by atoms with Crippen LogP contribution in [0.25, 0.3) is 0 Å². The Hall–Kier alpha value is -1.18. The first kappa shape index (κ1) is 15.9. The summed E-state index contributed by atoms with van der Waals surface area (Å²) >= 11 is 0. The molecule has 0 amide bonds. The van der Waals surface area contributed by atoms with Crippen LogP contribution in [0.1, 0.15) is 19.8 Å². The second kappa shape index (κ2) is 8.08. The van der Waals surface area contributed by atoms with Crippen molar-refractivity contribution in [1.82, 2.24) is 9.71 Å². The molecule has 0 saturated carbocycles. The van der Waals surface area contributed by atoms with Crippen LogP contribution in [-0.2, 0) is 14.8 Å². The van der Waals surface area contributed by atoms with E-state index < -0.39 is 10.0 Å². The Labute approximate surface area is 114 Å².